The van der Waals surface area contributed by atoms with Crippen LogP contribution in [0.3, 0.4) is 0 Å². The highest BCUT2D eigenvalue weighted by molar-refractivity contribution is 6.32. The highest BCUT2D eigenvalue weighted by Gasteiger charge is 2.36. The standard InChI is InChI=1S/C21H27ClN4O3/c1-20(2,3)29-19(28)23-14-21(11-6-7-12-21)24-18(27)16-10-13-26(25-16)17-9-5-4-8-15(17)22/h4-5,8-10,13H,6-7,11-12,14H2,1-3H3,(H,23,28)(H,24,27). The van der Waals surface area contributed by atoms with E-state index in [1.807, 2.05) is 39.0 Å². The number of aromatic nitrogens is 2. The molecule has 1 heterocycles. The van der Waals surface area contributed by atoms with Crippen molar-refractivity contribution in [2.24, 2.45) is 0 Å². The molecule has 1 saturated carbocycles. The van der Waals surface area contributed by atoms with Crippen molar-refractivity contribution < 1.29 is 14.3 Å². The molecule has 0 saturated heterocycles. The van der Waals surface area contributed by atoms with Gasteiger partial charge in [-0.25, -0.2) is 9.48 Å². The number of carbonyl (C=O) groups excluding carboxylic acids is 2. The zero-order valence-corrected chi connectivity index (χ0v) is 17.8. The fourth-order valence-corrected chi connectivity index (χ4v) is 3.70. The zero-order chi connectivity index (χ0) is 21.1. The number of rotatable bonds is 5. The summed E-state index contributed by atoms with van der Waals surface area (Å²) < 4.78 is 6.89. The molecule has 2 amide bonds. The SMILES string of the molecule is CC(C)(C)OC(=O)NCC1(NC(=O)c2ccn(-c3ccccc3Cl)n2)CCCC1. The van der Waals surface area contributed by atoms with Gasteiger partial charge in [-0.15, -0.1) is 0 Å². The number of alkyl carbamates (subject to hydrolysis) is 1. The first-order valence-electron chi connectivity index (χ1n) is 9.77. The van der Waals surface area contributed by atoms with Crippen molar-refractivity contribution in [2.75, 3.05) is 6.54 Å². The summed E-state index contributed by atoms with van der Waals surface area (Å²) in [6, 6.07) is 8.96. The molecular formula is C21H27ClN4O3. The summed E-state index contributed by atoms with van der Waals surface area (Å²) in [5.41, 5.74) is -0.0620. The normalized spacial score (nSPS) is 15.7. The van der Waals surface area contributed by atoms with Gasteiger partial charge in [0.2, 0.25) is 0 Å². The third kappa shape index (κ3) is 5.50. The molecule has 0 aliphatic heterocycles. The van der Waals surface area contributed by atoms with Crippen LogP contribution >= 0.6 is 11.6 Å². The quantitative estimate of drug-likeness (QED) is 0.765. The summed E-state index contributed by atoms with van der Waals surface area (Å²) in [4.78, 5) is 24.9. The van der Waals surface area contributed by atoms with Crippen molar-refractivity contribution in [1.82, 2.24) is 20.4 Å². The molecule has 0 radical (unpaired) electrons. The van der Waals surface area contributed by atoms with Gasteiger partial charge in [0.1, 0.15) is 5.60 Å². The fourth-order valence-electron chi connectivity index (χ4n) is 3.47. The smallest absolute Gasteiger partial charge is 0.407 e. The first-order valence-corrected chi connectivity index (χ1v) is 10.2. The Bertz CT molecular complexity index is 882. The van der Waals surface area contributed by atoms with Crippen LogP contribution in [0.15, 0.2) is 36.5 Å². The minimum atomic E-state index is -0.568. The van der Waals surface area contributed by atoms with E-state index in [4.69, 9.17) is 16.3 Å². The van der Waals surface area contributed by atoms with Gasteiger partial charge in [0.25, 0.3) is 5.91 Å². The van der Waals surface area contributed by atoms with Crippen LogP contribution in [-0.2, 0) is 4.74 Å². The van der Waals surface area contributed by atoms with E-state index in [2.05, 4.69) is 15.7 Å². The summed E-state index contributed by atoms with van der Waals surface area (Å²) in [6.07, 6.45) is 4.78. The number of nitrogens with one attached hydrogen (secondary N) is 2. The van der Waals surface area contributed by atoms with Crippen LogP contribution in [0.5, 0.6) is 0 Å². The highest BCUT2D eigenvalue weighted by atomic mass is 35.5. The maximum Gasteiger partial charge on any atom is 0.407 e. The lowest BCUT2D eigenvalue weighted by Crippen LogP contribution is -2.54. The average molecular weight is 419 g/mol. The van der Waals surface area contributed by atoms with Crippen LogP contribution in [0.25, 0.3) is 5.69 Å². The predicted octanol–water partition coefficient (Wildman–Crippen LogP) is 4.09. The Morgan fingerprint density at radius 1 is 1.21 bits per heavy atom. The van der Waals surface area contributed by atoms with Crippen LogP contribution in [0.1, 0.15) is 56.9 Å². The first kappa shape index (κ1) is 21.2. The molecule has 1 aromatic carbocycles. The number of para-hydroxylation sites is 1. The first-order chi connectivity index (χ1) is 13.7. The third-order valence-electron chi connectivity index (χ3n) is 4.83. The maximum atomic E-state index is 12.8. The van der Waals surface area contributed by atoms with Gasteiger partial charge in [0.05, 0.1) is 16.2 Å². The Hall–Kier alpha value is -2.54. The number of ether oxygens (including phenoxy) is 1. The van der Waals surface area contributed by atoms with Crippen molar-refractivity contribution in [3.05, 3.63) is 47.2 Å². The Kier molecular flexibility index (Phi) is 6.17. The number of halogens is 1. The molecule has 2 aromatic rings. The van der Waals surface area contributed by atoms with Gasteiger partial charge in [-0.05, 0) is 51.8 Å². The molecule has 7 nitrogen and oxygen atoms in total. The van der Waals surface area contributed by atoms with E-state index in [1.54, 1.807) is 23.0 Å². The van der Waals surface area contributed by atoms with Crippen LogP contribution in [0.2, 0.25) is 5.02 Å². The van der Waals surface area contributed by atoms with Crippen LogP contribution < -0.4 is 10.6 Å². The Balaban J connectivity index is 1.67. The van der Waals surface area contributed by atoms with E-state index in [1.165, 1.54) is 0 Å². The lowest BCUT2D eigenvalue weighted by molar-refractivity contribution is 0.0504. The molecular weight excluding hydrogens is 392 g/mol. The summed E-state index contributed by atoms with van der Waals surface area (Å²) >= 11 is 6.21. The second-order valence-corrected chi connectivity index (χ2v) is 8.80. The number of hydrogen-bond acceptors (Lipinski definition) is 4. The Morgan fingerprint density at radius 2 is 1.90 bits per heavy atom. The lowest BCUT2D eigenvalue weighted by Gasteiger charge is -2.31. The molecule has 1 aliphatic rings. The van der Waals surface area contributed by atoms with Gasteiger partial charge < -0.3 is 15.4 Å². The molecule has 2 N–H and O–H groups in total. The average Bonchev–Trinajstić information content (AvgIpc) is 3.29. The number of nitrogens with zero attached hydrogens (tertiary/aromatic N) is 2. The van der Waals surface area contributed by atoms with Gasteiger partial charge >= 0.3 is 6.09 Å². The summed E-state index contributed by atoms with van der Waals surface area (Å²) in [7, 11) is 0. The van der Waals surface area contributed by atoms with E-state index >= 15 is 0 Å². The minimum absolute atomic E-state index is 0.274. The van der Waals surface area contributed by atoms with E-state index in [0.717, 1.165) is 25.7 Å². The molecule has 1 fully saturated rings. The maximum absolute atomic E-state index is 12.8. The van der Waals surface area contributed by atoms with Crippen molar-refractivity contribution in [3.8, 4) is 5.69 Å². The number of carbonyl (C=O) groups is 2. The van der Waals surface area contributed by atoms with E-state index in [0.29, 0.717) is 22.9 Å². The van der Waals surface area contributed by atoms with E-state index < -0.39 is 17.2 Å². The van der Waals surface area contributed by atoms with Crippen LogP contribution in [0.4, 0.5) is 4.79 Å². The van der Waals surface area contributed by atoms with Crippen LogP contribution in [0, 0.1) is 0 Å². The van der Waals surface area contributed by atoms with Crippen LogP contribution in [-0.4, -0.2) is 39.5 Å². The number of amides is 2. The van der Waals surface area contributed by atoms with Gasteiger partial charge in [-0.3, -0.25) is 4.79 Å². The monoisotopic (exact) mass is 418 g/mol. The highest BCUT2D eigenvalue weighted by Crippen LogP contribution is 2.29. The Labute approximate surface area is 175 Å². The topological polar surface area (TPSA) is 85.3 Å². The second kappa shape index (κ2) is 8.45. The molecule has 8 heteroatoms. The van der Waals surface area contributed by atoms with Crippen molar-refractivity contribution in [2.45, 2.75) is 57.6 Å². The Morgan fingerprint density at radius 3 is 2.55 bits per heavy atom. The van der Waals surface area contributed by atoms with Gasteiger partial charge in [-0.1, -0.05) is 36.6 Å². The van der Waals surface area contributed by atoms with Gasteiger partial charge in [-0.2, -0.15) is 5.10 Å². The lowest BCUT2D eigenvalue weighted by atomic mass is 9.97. The molecule has 0 bridgehead atoms. The van der Waals surface area contributed by atoms with Gasteiger partial charge in [0, 0.05) is 12.7 Å². The number of benzene rings is 1. The molecule has 1 aliphatic carbocycles. The van der Waals surface area contributed by atoms with Crippen molar-refractivity contribution in [3.63, 3.8) is 0 Å². The largest absolute Gasteiger partial charge is 0.444 e. The molecule has 0 unspecified atom stereocenters. The minimum Gasteiger partial charge on any atom is -0.444 e. The van der Waals surface area contributed by atoms with Gasteiger partial charge in [0.15, 0.2) is 5.69 Å². The van der Waals surface area contributed by atoms with Crippen molar-refractivity contribution in [1.29, 1.82) is 0 Å². The molecule has 156 valence electrons. The van der Waals surface area contributed by atoms with E-state index in [-0.39, 0.29) is 5.91 Å². The second-order valence-electron chi connectivity index (χ2n) is 8.39. The summed E-state index contributed by atoms with van der Waals surface area (Å²) in [5, 5.41) is 10.8. The van der Waals surface area contributed by atoms with E-state index in [9.17, 15) is 9.59 Å². The zero-order valence-electron chi connectivity index (χ0n) is 17.0. The third-order valence-corrected chi connectivity index (χ3v) is 5.15. The molecule has 3 rings (SSSR count). The van der Waals surface area contributed by atoms with Crippen molar-refractivity contribution >= 4 is 23.6 Å². The molecule has 29 heavy (non-hydrogen) atoms. The molecule has 0 atom stereocenters. The fraction of sp³-hybridized carbons (Fsp3) is 0.476. The summed E-state index contributed by atoms with van der Waals surface area (Å²) in [5.74, 6) is -0.274. The molecule has 0 spiro atoms. The number of hydrogen-bond donors (Lipinski definition) is 2. The molecule has 1 aromatic heterocycles. The predicted molar refractivity (Wildman–Crippen MR) is 111 cm³/mol. The summed E-state index contributed by atoms with van der Waals surface area (Å²) in [6.45, 7) is 5.76.